The first kappa shape index (κ1) is 11.0. The van der Waals surface area contributed by atoms with Gasteiger partial charge in [0, 0.05) is 19.6 Å². The number of benzene rings is 1. The fraction of sp³-hybridized carbons (Fsp3) is 0.455. The zero-order valence-electron chi connectivity index (χ0n) is 8.22. The Morgan fingerprint density at radius 2 is 2.27 bits per heavy atom. The van der Waals surface area contributed by atoms with Crippen LogP contribution in [0.2, 0.25) is 0 Å². The molecule has 0 saturated carbocycles. The van der Waals surface area contributed by atoms with Crippen LogP contribution in [0, 0.1) is 5.82 Å². The van der Waals surface area contributed by atoms with Crippen molar-refractivity contribution in [3.05, 3.63) is 34.1 Å². The lowest BCUT2D eigenvalue weighted by Gasteiger charge is -2.14. The molecule has 1 unspecified atom stereocenters. The van der Waals surface area contributed by atoms with Crippen molar-refractivity contribution in [2.75, 3.05) is 13.1 Å². The summed E-state index contributed by atoms with van der Waals surface area (Å²) in [5.74, 6) is -0.261. The highest BCUT2D eigenvalue weighted by Gasteiger charge is 2.21. The lowest BCUT2D eigenvalue weighted by atomic mass is 10.2. The van der Waals surface area contributed by atoms with E-state index in [-0.39, 0.29) is 5.82 Å². The SMILES string of the molecule is Fc1ccc(CN2CCC(F)C2)cc1Br. The molecule has 0 spiro atoms. The summed E-state index contributed by atoms with van der Waals surface area (Å²) in [5.41, 5.74) is 1.01. The zero-order chi connectivity index (χ0) is 10.8. The van der Waals surface area contributed by atoms with Crippen LogP contribution in [0.25, 0.3) is 0 Å². The average Bonchev–Trinajstić information content (AvgIpc) is 2.58. The van der Waals surface area contributed by atoms with Gasteiger partial charge in [0.05, 0.1) is 4.47 Å². The minimum absolute atomic E-state index is 0.261. The number of rotatable bonds is 2. The largest absolute Gasteiger partial charge is 0.296 e. The van der Waals surface area contributed by atoms with Crippen molar-refractivity contribution in [3.63, 3.8) is 0 Å². The number of hydrogen-bond acceptors (Lipinski definition) is 1. The maximum Gasteiger partial charge on any atom is 0.137 e. The monoisotopic (exact) mass is 275 g/mol. The Labute approximate surface area is 96.2 Å². The molecule has 0 amide bonds. The normalized spacial score (nSPS) is 22.2. The maximum absolute atomic E-state index is 13.0. The van der Waals surface area contributed by atoms with Gasteiger partial charge in [-0.05, 0) is 40.0 Å². The molecule has 1 fully saturated rings. The van der Waals surface area contributed by atoms with Crippen LogP contribution in [0.5, 0.6) is 0 Å². The first-order valence-electron chi connectivity index (χ1n) is 4.95. The zero-order valence-corrected chi connectivity index (χ0v) is 9.80. The number of likely N-dealkylation sites (tertiary alicyclic amines) is 1. The topological polar surface area (TPSA) is 3.24 Å². The first-order chi connectivity index (χ1) is 7.15. The van der Waals surface area contributed by atoms with E-state index in [1.54, 1.807) is 12.1 Å². The third-order valence-corrected chi connectivity index (χ3v) is 3.21. The third kappa shape index (κ3) is 2.75. The molecule has 0 bridgehead atoms. The molecule has 1 aromatic rings. The van der Waals surface area contributed by atoms with Gasteiger partial charge in [0.25, 0.3) is 0 Å². The summed E-state index contributed by atoms with van der Waals surface area (Å²) >= 11 is 3.14. The van der Waals surface area contributed by atoms with Gasteiger partial charge in [-0.2, -0.15) is 0 Å². The summed E-state index contributed by atoms with van der Waals surface area (Å²) in [6.45, 7) is 1.98. The van der Waals surface area contributed by atoms with Crippen molar-refractivity contribution in [1.29, 1.82) is 0 Å². The average molecular weight is 276 g/mol. The number of alkyl halides is 1. The predicted molar refractivity (Wildman–Crippen MR) is 58.9 cm³/mol. The van der Waals surface area contributed by atoms with Crippen LogP contribution in [0.1, 0.15) is 12.0 Å². The number of nitrogens with zero attached hydrogens (tertiary/aromatic N) is 1. The van der Waals surface area contributed by atoms with Gasteiger partial charge in [-0.3, -0.25) is 4.90 Å². The molecule has 1 heterocycles. The summed E-state index contributed by atoms with van der Waals surface area (Å²) in [7, 11) is 0. The van der Waals surface area contributed by atoms with Crippen LogP contribution in [0.15, 0.2) is 22.7 Å². The summed E-state index contributed by atoms with van der Waals surface area (Å²) in [4.78, 5) is 2.05. The number of halogens is 3. The van der Waals surface area contributed by atoms with Gasteiger partial charge in [0.15, 0.2) is 0 Å². The van der Waals surface area contributed by atoms with Crippen molar-refractivity contribution in [2.24, 2.45) is 0 Å². The Hall–Kier alpha value is -0.480. The molecule has 82 valence electrons. The molecule has 1 nitrogen and oxygen atoms in total. The van der Waals surface area contributed by atoms with Crippen molar-refractivity contribution in [1.82, 2.24) is 4.90 Å². The number of hydrogen-bond donors (Lipinski definition) is 0. The van der Waals surface area contributed by atoms with Gasteiger partial charge >= 0.3 is 0 Å². The van der Waals surface area contributed by atoms with Gasteiger partial charge < -0.3 is 0 Å². The molecular weight excluding hydrogens is 264 g/mol. The highest BCUT2D eigenvalue weighted by atomic mass is 79.9. The molecule has 1 atom stereocenters. The third-order valence-electron chi connectivity index (χ3n) is 2.61. The van der Waals surface area contributed by atoms with E-state index in [9.17, 15) is 8.78 Å². The molecule has 4 heteroatoms. The Morgan fingerprint density at radius 3 is 2.87 bits per heavy atom. The molecule has 1 saturated heterocycles. The Balaban J connectivity index is 2.02. The van der Waals surface area contributed by atoms with Gasteiger partial charge in [-0.25, -0.2) is 8.78 Å². The van der Waals surface area contributed by atoms with E-state index in [1.165, 1.54) is 6.07 Å². The fourth-order valence-corrected chi connectivity index (χ4v) is 2.25. The lowest BCUT2D eigenvalue weighted by Crippen LogP contribution is -2.20. The van der Waals surface area contributed by atoms with Crippen molar-refractivity contribution in [2.45, 2.75) is 19.1 Å². The standard InChI is InChI=1S/C11H12BrF2N/c12-10-5-8(1-2-11(10)14)6-15-4-3-9(13)7-15/h1-2,5,9H,3-4,6-7H2. The van der Waals surface area contributed by atoms with Crippen molar-refractivity contribution < 1.29 is 8.78 Å². The Morgan fingerprint density at radius 1 is 1.47 bits per heavy atom. The molecule has 0 aromatic heterocycles. The second-order valence-corrected chi connectivity index (χ2v) is 4.72. The van der Waals surface area contributed by atoms with Crippen LogP contribution in [-0.2, 0) is 6.54 Å². The van der Waals surface area contributed by atoms with Crippen LogP contribution in [-0.4, -0.2) is 24.2 Å². The van der Waals surface area contributed by atoms with E-state index in [4.69, 9.17) is 0 Å². The molecule has 15 heavy (non-hydrogen) atoms. The van der Waals surface area contributed by atoms with E-state index in [0.29, 0.717) is 24.0 Å². The summed E-state index contributed by atoms with van der Waals surface area (Å²) < 4.78 is 26.3. The summed E-state index contributed by atoms with van der Waals surface area (Å²) in [6.07, 6.45) is -0.0866. The molecule has 1 aromatic carbocycles. The Kier molecular flexibility index (Phi) is 3.36. The minimum Gasteiger partial charge on any atom is -0.296 e. The Bertz CT molecular complexity index is 356. The maximum atomic E-state index is 13.0. The molecule has 0 aliphatic carbocycles. The molecule has 0 N–H and O–H groups in total. The fourth-order valence-electron chi connectivity index (χ4n) is 1.83. The van der Waals surface area contributed by atoms with Gasteiger partial charge in [-0.1, -0.05) is 6.07 Å². The van der Waals surface area contributed by atoms with Crippen molar-refractivity contribution in [3.8, 4) is 0 Å². The van der Waals surface area contributed by atoms with Gasteiger partial charge in [0.2, 0.25) is 0 Å². The molecule has 1 aliphatic heterocycles. The quantitative estimate of drug-likeness (QED) is 0.802. The van der Waals surface area contributed by atoms with Crippen LogP contribution in [0.3, 0.4) is 0 Å². The second-order valence-electron chi connectivity index (χ2n) is 3.87. The molecule has 2 rings (SSSR count). The predicted octanol–water partition coefficient (Wildman–Crippen LogP) is 3.13. The summed E-state index contributed by atoms with van der Waals surface area (Å²) in [6, 6.07) is 4.93. The highest BCUT2D eigenvalue weighted by molar-refractivity contribution is 9.10. The van der Waals surface area contributed by atoms with Gasteiger partial charge in [0.1, 0.15) is 12.0 Å². The van der Waals surface area contributed by atoms with Crippen molar-refractivity contribution >= 4 is 15.9 Å². The molecule has 1 aliphatic rings. The molecular formula is C11H12BrF2N. The lowest BCUT2D eigenvalue weighted by molar-refractivity contribution is 0.282. The summed E-state index contributed by atoms with van der Waals surface area (Å²) in [5, 5.41) is 0. The minimum atomic E-state index is -0.700. The van der Waals surface area contributed by atoms with Crippen LogP contribution in [0.4, 0.5) is 8.78 Å². The van der Waals surface area contributed by atoms with E-state index >= 15 is 0 Å². The highest BCUT2D eigenvalue weighted by Crippen LogP contribution is 2.20. The van der Waals surface area contributed by atoms with E-state index < -0.39 is 6.17 Å². The first-order valence-corrected chi connectivity index (χ1v) is 5.75. The van der Waals surface area contributed by atoms with E-state index in [0.717, 1.165) is 12.1 Å². The molecule has 0 radical (unpaired) electrons. The van der Waals surface area contributed by atoms with Crippen LogP contribution < -0.4 is 0 Å². The smallest absolute Gasteiger partial charge is 0.137 e. The van der Waals surface area contributed by atoms with Crippen LogP contribution >= 0.6 is 15.9 Å². The van der Waals surface area contributed by atoms with Gasteiger partial charge in [-0.15, -0.1) is 0 Å². The van der Waals surface area contributed by atoms with E-state index in [1.807, 2.05) is 4.90 Å². The second kappa shape index (κ2) is 4.58. The van der Waals surface area contributed by atoms with E-state index in [2.05, 4.69) is 15.9 Å².